The van der Waals surface area contributed by atoms with Gasteiger partial charge in [0.1, 0.15) is 0 Å². The molecule has 1 aromatic rings. The number of rotatable bonds is 1. The van der Waals surface area contributed by atoms with E-state index in [4.69, 9.17) is 0 Å². The Morgan fingerprint density at radius 1 is 1.26 bits per heavy atom. The van der Waals surface area contributed by atoms with Crippen LogP contribution in [0.3, 0.4) is 0 Å². The van der Waals surface area contributed by atoms with Gasteiger partial charge >= 0.3 is 0 Å². The van der Waals surface area contributed by atoms with E-state index >= 15 is 0 Å². The summed E-state index contributed by atoms with van der Waals surface area (Å²) in [4.78, 5) is 15.2. The first-order chi connectivity index (χ1) is 8.88. The third kappa shape index (κ3) is 3.53. The maximum Gasteiger partial charge on any atom is 0.253 e. The van der Waals surface area contributed by atoms with Gasteiger partial charge in [-0.15, -0.1) is 12.6 Å². The van der Waals surface area contributed by atoms with E-state index in [-0.39, 0.29) is 5.91 Å². The van der Waals surface area contributed by atoms with Crippen molar-refractivity contribution < 1.29 is 4.79 Å². The molecule has 0 aliphatic carbocycles. The van der Waals surface area contributed by atoms with E-state index in [9.17, 15) is 4.79 Å². The highest BCUT2D eigenvalue weighted by molar-refractivity contribution is 7.80. The second-order valence-corrected chi connectivity index (χ2v) is 7.00. The van der Waals surface area contributed by atoms with Crippen LogP contribution in [0, 0.1) is 11.3 Å². The van der Waals surface area contributed by atoms with Crippen molar-refractivity contribution in [1.29, 1.82) is 0 Å². The predicted octanol–water partition coefficient (Wildman–Crippen LogP) is 3.87. The zero-order chi connectivity index (χ0) is 14.0. The Kier molecular flexibility index (Phi) is 4.24. The summed E-state index contributed by atoms with van der Waals surface area (Å²) in [5, 5.41) is 0. The first-order valence-electron chi connectivity index (χ1n) is 6.96. The smallest absolute Gasteiger partial charge is 0.253 e. The summed E-state index contributed by atoms with van der Waals surface area (Å²) < 4.78 is 0. The highest BCUT2D eigenvalue weighted by atomic mass is 32.1. The van der Waals surface area contributed by atoms with E-state index in [0.29, 0.717) is 11.3 Å². The normalized spacial score (nSPS) is 17.6. The number of benzene rings is 1. The van der Waals surface area contributed by atoms with Gasteiger partial charge in [0.15, 0.2) is 0 Å². The minimum atomic E-state index is 0.142. The van der Waals surface area contributed by atoms with Gasteiger partial charge in [0.05, 0.1) is 0 Å². The van der Waals surface area contributed by atoms with Crippen molar-refractivity contribution in [2.75, 3.05) is 13.1 Å². The molecule has 0 bridgehead atoms. The molecule has 0 atom stereocenters. The van der Waals surface area contributed by atoms with Crippen molar-refractivity contribution in [3.05, 3.63) is 29.8 Å². The Morgan fingerprint density at radius 2 is 1.89 bits per heavy atom. The summed E-state index contributed by atoms with van der Waals surface area (Å²) in [5.74, 6) is 0.857. The molecule has 3 heteroatoms. The van der Waals surface area contributed by atoms with Gasteiger partial charge in [-0.1, -0.05) is 26.8 Å². The first kappa shape index (κ1) is 14.4. The molecule has 2 nitrogen and oxygen atoms in total. The largest absolute Gasteiger partial charge is 0.339 e. The maximum absolute atomic E-state index is 12.4. The minimum absolute atomic E-state index is 0.142. The number of hydrogen-bond acceptors (Lipinski definition) is 2. The fraction of sp³-hybridized carbons (Fsp3) is 0.562. The molecule has 1 saturated heterocycles. The van der Waals surface area contributed by atoms with E-state index < -0.39 is 0 Å². The quantitative estimate of drug-likeness (QED) is 0.773. The van der Waals surface area contributed by atoms with Gasteiger partial charge in [-0.25, -0.2) is 0 Å². The fourth-order valence-corrected chi connectivity index (χ4v) is 3.00. The second-order valence-electron chi connectivity index (χ2n) is 6.48. The van der Waals surface area contributed by atoms with Crippen LogP contribution < -0.4 is 0 Å². The van der Waals surface area contributed by atoms with Crippen LogP contribution in [0.1, 0.15) is 44.0 Å². The minimum Gasteiger partial charge on any atom is -0.339 e. The number of thiol groups is 1. The third-order valence-corrected chi connectivity index (χ3v) is 4.38. The molecule has 0 unspecified atom stereocenters. The van der Waals surface area contributed by atoms with E-state index in [1.165, 1.54) is 0 Å². The summed E-state index contributed by atoms with van der Waals surface area (Å²) in [6.45, 7) is 8.62. The standard InChI is InChI=1S/C16H23NOS/c1-16(2,3)13-7-9-17(10-8-13)15(18)12-5-4-6-14(19)11-12/h4-6,11,13,19H,7-10H2,1-3H3. The summed E-state index contributed by atoms with van der Waals surface area (Å²) in [6.07, 6.45) is 2.21. The van der Waals surface area contributed by atoms with Crippen molar-refractivity contribution >= 4 is 18.5 Å². The molecule has 1 aliphatic rings. The average molecular weight is 277 g/mol. The maximum atomic E-state index is 12.4. The molecule has 1 amide bonds. The van der Waals surface area contributed by atoms with Gasteiger partial charge in [0.2, 0.25) is 0 Å². The number of nitrogens with zero attached hydrogens (tertiary/aromatic N) is 1. The Morgan fingerprint density at radius 3 is 2.42 bits per heavy atom. The van der Waals surface area contributed by atoms with Crippen LogP contribution in [0.25, 0.3) is 0 Å². The zero-order valence-electron chi connectivity index (χ0n) is 12.0. The molecule has 0 saturated carbocycles. The topological polar surface area (TPSA) is 20.3 Å². The number of carbonyl (C=O) groups is 1. The van der Waals surface area contributed by atoms with Crippen molar-refractivity contribution in [3.63, 3.8) is 0 Å². The number of carbonyl (C=O) groups excluding carboxylic acids is 1. The third-order valence-electron chi connectivity index (χ3n) is 4.10. The first-order valence-corrected chi connectivity index (χ1v) is 7.41. The summed E-state index contributed by atoms with van der Waals surface area (Å²) in [7, 11) is 0. The molecule has 1 heterocycles. The zero-order valence-corrected chi connectivity index (χ0v) is 12.9. The molecule has 1 fully saturated rings. The lowest BCUT2D eigenvalue weighted by atomic mass is 9.75. The van der Waals surface area contributed by atoms with Gasteiger partial charge in [0, 0.05) is 23.5 Å². The lowest BCUT2D eigenvalue weighted by Crippen LogP contribution is -2.41. The summed E-state index contributed by atoms with van der Waals surface area (Å²) in [5.41, 5.74) is 1.10. The van der Waals surface area contributed by atoms with Crippen molar-refractivity contribution in [2.45, 2.75) is 38.5 Å². The molecule has 1 aromatic carbocycles. The Hall–Kier alpha value is -0.960. The van der Waals surface area contributed by atoms with Gasteiger partial charge in [-0.2, -0.15) is 0 Å². The second kappa shape index (κ2) is 5.58. The van der Waals surface area contributed by atoms with Crippen molar-refractivity contribution in [2.24, 2.45) is 11.3 Å². The van der Waals surface area contributed by atoms with Gasteiger partial charge in [0.25, 0.3) is 5.91 Å². The van der Waals surface area contributed by atoms with E-state index in [2.05, 4.69) is 33.4 Å². The highest BCUT2D eigenvalue weighted by Gasteiger charge is 2.30. The Bertz CT molecular complexity index is 456. The van der Waals surface area contributed by atoms with E-state index in [1.54, 1.807) is 0 Å². The fourth-order valence-electron chi connectivity index (χ4n) is 2.77. The monoisotopic (exact) mass is 277 g/mol. The molecule has 0 spiro atoms. The Labute approximate surface area is 121 Å². The van der Waals surface area contributed by atoms with Gasteiger partial charge in [-0.3, -0.25) is 4.79 Å². The van der Waals surface area contributed by atoms with Crippen LogP contribution in [-0.4, -0.2) is 23.9 Å². The molecule has 2 rings (SSSR count). The number of amides is 1. The SMILES string of the molecule is CC(C)(C)C1CCN(C(=O)c2cccc(S)c2)CC1. The molecule has 0 aromatic heterocycles. The molecular weight excluding hydrogens is 254 g/mol. The summed E-state index contributed by atoms with van der Waals surface area (Å²) in [6, 6.07) is 7.50. The molecule has 104 valence electrons. The molecule has 0 N–H and O–H groups in total. The molecule has 1 aliphatic heterocycles. The van der Waals surface area contributed by atoms with E-state index in [0.717, 1.165) is 36.4 Å². The number of piperidine rings is 1. The number of likely N-dealkylation sites (tertiary alicyclic amines) is 1. The van der Waals surface area contributed by atoms with Crippen LogP contribution >= 0.6 is 12.6 Å². The van der Waals surface area contributed by atoms with Gasteiger partial charge < -0.3 is 4.90 Å². The van der Waals surface area contributed by atoms with Crippen LogP contribution in [0.2, 0.25) is 0 Å². The lowest BCUT2D eigenvalue weighted by molar-refractivity contribution is 0.0608. The van der Waals surface area contributed by atoms with Gasteiger partial charge in [-0.05, 0) is 42.4 Å². The lowest BCUT2D eigenvalue weighted by Gasteiger charge is -2.38. The van der Waals surface area contributed by atoms with Crippen LogP contribution in [0.5, 0.6) is 0 Å². The highest BCUT2D eigenvalue weighted by Crippen LogP contribution is 2.34. The van der Waals surface area contributed by atoms with Crippen LogP contribution in [0.15, 0.2) is 29.2 Å². The van der Waals surface area contributed by atoms with Crippen LogP contribution in [0.4, 0.5) is 0 Å². The van der Waals surface area contributed by atoms with Crippen molar-refractivity contribution in [1.82, 2.24) is 4.90 Å². The Balaban J connectivity index is 2.00. The molecule has 19 heavy (non-hydrogen) atoms. The number of hydrogen-bond donors (Lipinski definition) is 1. The summed E-state index contributed by atoms with van der Waals surface area (Å²) >= 11 is 4.29. The molecule has 0 radical (unpaired) electrons. The van der Waals surface area contributed by atoms with Crippen LogP contribution in [-0.2, 0) is 0 Å². The van der Waals surface area contributed by atoms with E-state index in [1.807, 2.05) is 29.2 Å². The van der Waals surface area contributed by atoms with Crippen molar-refractivity contribution in [3.8, 4) is 0 Å². The predicted molar refractivity (Wildman–Crippen MR) is 81.8 cm³/mol. The average Bonchev–Trinajstić information content (AvgIpc) is 2.37. The molecular formula is C16H23NOS.